The molecule has 0 atom stereocenters. The molecule has 0 aromatic rings. The second-order valence-corrected chi connectivity index (χ2v) is 3.91. The van der Waals surface area contributed by atoms with Crippen LogP contribution in [-0.2, 0) is 4.79 Å². The third-order valence-electron chi connectivity index (χ3n) is 2.31. The van der Waals surface area contributed by atoms with Gasteiger partial charge in [0.1, 0.15) is 5.54 Å². The molecule has 0 unspecified atom stereocenters. The van der Waals surface area contributed by atoms with E-state index in [0.29, 0.717) is 11.7 Å². The number of rotatable bonds is 0. The first-order valence-electron chi connectivity index (χ1n) is 4.28. The van der Waals surface area contributed by atoms with E-state index in [4.69, 9.17) is 12.2 Å². The summed E-state index contributed by atoms with van der Waals surface area (Å²) in [7, 11) is 1.77. The standard InChI is InChI=1S/C8H15N3OS/c1-8(2)6(12)10-4-5-11(8)7(13)9-3/h4-5H2,1-3H3,(H,9,13)(H,10,12). The van der Waals surface area contributed by atoms with E-state index in [1.54, 1.807) is 7.05 Å². The normalized spacial score (nSPS) is 20.8. The third-order valence-corrected chi connectivity index (χ3v) is 2.73. The van der Waals surface area contributed by atoms with Crippen molar-refractivity contribution in [3.63, 3.8) is 0 Å². The maximum absolute atomic E-state index is 11.5. The van der Waals surface area contributed by atoms with Crippen LogP contribution in [0.5, 0.6) is 0 Å². The Morgan fingerprint density at radius 3 is 2.85 bits per heavy atom. The van der Waals surface area contributed by atoms with E-state index in [1.807, 2.05) is 18.7 Å². The van der Waals surface area contributed by atoms with E-state index in [0.717, 1.165) is 6.54 Å². The molecule has 1 aliphatic rings. The predicted molar refractivity (Wildman–Crippen MR) is 55.5 cm³/mol. The van der Waals surface area contributed by atoms with Crippen molar-refractivity contribution >= 4 is 23.2 Å². The second kappa shape index (κ2) is 3.49. The fourth-order valence-electron chi connectivity index (χ4n) is 1.39. The van der Waals surface area contributed by atoms with Crippen molar-refractivity contribution in [3.8, 4) is 0 Å². The van der Waals surface area contributed by atoms with Crippen LogP contribution in [0.1, 0.15) is 13.8 Å². The van der Waals surface area contributed by atoms with Gasteiger partial charge in [-0.05, 0) is 26.1 Å². The summed E-state index contributed by atoms with van der Waals surface area (Å²) < 4.78 is 0. The highest BCUT2D eigenvalue weighted by Gasteiger charge is 2.38. The molecule has 0 aromatic heterocycles. The first-order chi connectivity index (χ1) is 6.00. The van der Waals surface area contributed by atoms with Gasteiger partial charge in [-0.25, -0.2) is 0 Å². The number of carbonyl (C=O) groups is 1. The van der Waals surface area contributed by atoms with Gasteiger partial charge in [0.05, 0.1) is 0 Å². The number of thiocarbonyl (C=S) groups is 1. The van der Waals surface area contributed by atoms with E-state index in [9.17, 15) is 4.79 Å². The minimum atomic E-state index is -0.543. The second-order valence-electron chi connectivity index (χ2n) is 3.52. The summed E-state index contributed by atoms with van der Waals surface area (Å²) in [6.07, 6.45) is 0. The van der Waals surface area contributed by atoms with Gasteiger partial charge in [-0.3, -0.25) is 4.79 Å². The number of nitrogens with one attached hydrogen (secondary N) is 2. The van der Waals surface area contributed by atoms with Gasteiger partial charge in [0.15, 0.2) is 5.11 Å². The zero-order valence-electron chi connectivity index (χ0n) is 8.18. The van der Waals surface area contributed by atoms with Crippen molar-refractivity contribution in [2.75, 3.05) is 20.1 Å². The van der Waals surface area contributed by atoms with E-state index in [1.165, 1.54) is 0 Å². The van der Waals surface area contributed by atoms with Gasteiger partial charge in [0.25, 0.3) is 0 Å². The molecule has 1 fully saturated rings. The summed E-state index contributed by atoms with van der Waals surface area (Å²) in [5.41, 5.74) is -0.543. The van der Waals surface area contributed by atoms with E-state index >= 15 is 0 Å². The van der Waals surface area contributed by atoms with Crippen molar-refractivity contribution in [1.82, 2.24) is 15.5 Å². The molecule has 1 amide bonds. The summed E-state index contributed by atoms with van der Waals surface area (Å²) >= 11 is 5.11. The maximum Gasteiger partial charge on any atom is 0.245 e. The van der Waals surface area contributed by atoms with Gasteiger partial charge in [-0.15, -0.1) is 0 Å². The molecule has 1 rings (SSSR count). The van der Waals surface area contributed by atoms with Crippen molar-refractivity contribution in [3.05, 3.63) is 0 Å². The van der Waals surface area contributed by atoms with Crippen LogP contribution in [0.25, 0.3) is 0 Å². The van der Waals surface area contributed by atoms with Crippen molar-refractivity contribution < 1.29 is 4.79 Å². The summed E-state index contributed by atoms with van der Waals surface area (Å²) in [6.45, 7) is 5.15. The van der Waals surface area contributed by atoms with Gasteiger partial charge in [0, 0.05) is 20.1 Å². The average molecular weight is 201 g/mol. The molecule has 1 saturated heterocycles. The number of hydrogen-bond donors (Lipinski definition) is 2. The highest BCUT2D eigenvalue weighted by Crippen LogP contribution is 2.17. The Morgan fingerprint density at radius 2 is 2.31 bits per heavy atom. The molecule has 0 spiro atoms. The lowest BCUT2D eigenvalue weighted by Gasteiger charge is -2.42. The topological polar surface area (TPSA) is 44.4 Å². The maximum atomic E-state index is 11.5. The molecule has 0 radical (unpaired) electrons. The Balaban J connectivity index is 2.83. The molecule has 1 heterocycles. The van der Waals surface area contributed by atoms with Gasteiger partial charge in [0.2, 0.25) is 5.91 Å². The number of carbonyl (C=O) groups excluding carboxylic acids is 1. The predicted octanol–water partition coefficient (Wildman–Crippen LogP) is -0.299. The first-order valence-corrected chi connectivity index (χ1v) is 4.68. The molecule has 0 aromatic carbocycles. The molecule has 13 heavy (non-hydrogen) atoms. The highest BCUT2D eigenvalue weighted by atomic mass is 32.1. The van der Waals surface area contributed by atoms with Crippen LogP contribution >= 0.6 is 12.2 Å². The molecule has 0 bridgehead atoms. The molecule has 74 valence electrons. The Hall–Kier alpha value is -0.840. The van der Waals surface area contributed by atoms with Crippen molar-refractivity contribution in [2.24, 2.45) is 0 Å². The van der Waals surface area contributed by atoms with Crippen molar-refractivity contribution in [1.29, 1.82) is 0 Å². The van der Waals surface area contributed by atoms with E-state index in [2.05, 4.69) is 10.6 Å². The molecular weight excluding hydrogens is 186 g/mol. The van der Waals surface area contributed by atoms with Crippen LogP contribution < -0.4 is 10.6 Å². The van der Waals surface area contributed by atoms with E-state index in [-0.39, 0.29) is 5.91 Å². The molecule has 4 nitrogen and oxygen atoms in total. The van der Waals surface area contributed by atoms with Crippen LogP contribution in [-0.4, -0.2) is 41.6 Å². The lowest BCUT2D eigenvalue weighted by Crippen LogP contribution is -2.64. The molecule has 5 heteroatoms. The van der Waals surface area contributed by atoms with Crippen LogP contribution in [0.3, 0.4) is 0 Å². The SMILES string of the molecule is CNC(=S)N1CCNC(=O)C1(C)C. The highest BCUT2D eigenvalue weighted by molar-refractivity contribution is 7.80. The third kappa shape index (κ3) is 1.75. The molecule has 1 aliphatic heterocycles. The quantitative estimate of drug-likeness (QED) is 0.528. The zero-order valence-corrected chi connectivity index (χ0v) is 8.99. The van der Waals surface area contributed by atoms with Crippen LogP contribution in [0.2, 0.25) is 0 Å². The smallest absolute Gasteiger partial charge is 0.245 e. The van der Waals surface area contributed by atoms with Crippen LogP contribution in [0, 0.1) is 0 Å². The molecule has 2 N–H and O–H groups in total. The largest absolute Gasteiger partial charge is 0.366 e. The monoisotopic (exact) mass is 201 g/mol. The summed E-state index contributed by atoms with van der Waals surface area (Å²) in [5, 5.41) is 6.33. The van der Waals surface area contributed by atoms with Gasteiger partial charge >= 0.3 is 0 Å². The summed E-state index contributed by atoms with van der Waals surface area (Å²) in [4.78, 5) is 13.4. The molecule has 0 saturated carbocycles. The minimum Gasteiger partial charge on any atom is -0.366 e. The number of amides is 1. The Morgan fingerprint density at radius 1 is 1.69 bits per heavy atom. The van der Waals surface area contributed by atoms with Gasteiger partial charge in [-0.1, -0.05) is 0 Å². The van der Waals surface area contributed by atoms with Gasteiger partial charge < -0.3 is 15.5 Å². The fraction of sp³-hybridized carbons (Fsp3) is 0.750. The number of piperazine rings is 1. The Labute approximate surface area is 83.7 Å². The summed E-state index contributed by atoms with van der Waals surface area (Å²) in [5.74, 6) is 0.0244. The lowest BCUT2D eigenvalue weighted by atomic mass is 10.00. The number of hydrogen-bond acceptors (Lipinski definition) is 2. The van der Waals surface area contributed by atoms with E-state index < -0.39 is 5.54 Å². The zero-order chi connectivity index (χ0) is 10.1. The molecular formula is C8H15N3OS. The number of nitrogens with zero attached hydrogens (tertiary/aromatic N) is 1. The molecule has 0 aliphatic carbocycles. The Kier molecular flexibility index (Phi) is 2.75. The van der Waals surface area contributed by atoms with Crippen LogP contribution in [0.15, 0.2) is 0 Å². The first kappa shape index (κ1) is 10.2. The fourth-order valence-corrected chi connectivity index (χ4v) is 1.71. The Bertz CT molecular complexity index is 240. The summed E-state index contributed by atoms with van der Waals surface area (Å²) in [6, 6.07) is 0. The lowest BCUT2D eigenvalue weighted by molar-refractivity contribution is -0.131. The van der Waals surface area contributed by atoms with Crippen LogP contribution in [0.4, 0.5) is 0 Å². The van der Waals surface area contributed by atoms with Crippen molar-refractivity contribution in [2.45, 2.75) is 19.4 Å². The van der Waals surface area contributed by atoms with Gasteiger partial charge in [-0.2, -0.15) is 0 Å². The average Bonchev–Trinajstić information content (AvgIpc) is 2.08. The minimum absolute atomic E-state index is 0.0244.